The van der Waals surface area contributed by atoms with Crippen molar-refractivity contribution >= 4 is 6.09 Å². The van der Waals surface area contributed by atoms with E-state index in [1.165, 1.54) is 11.0 Å². The first-order valence-electron chi connectivity index (χ1n) is 9.92. The van der Waals surface area contributed by atoms with E-state index < -0.39 is 18.2 Å². The summed E-state index contributed by atoms with van der Waals surface area (Å²) in [5, 5.41) is 0. The molecule has 1 amide bonds. The highest BCUT2D eigenvalue weighted by molar-refractivity contribution is 5.68. The van der Waals surface area contributed by atoms with Crippen LogP contribution in [0.25, 0.3) is 11.3 Å². The topological polar surface area (TPSA) is 58.2 Å². The molecule has 0 spiro atoms. The SMILES string of the molecule is Cc1cc(-c2cnc(C3CCN(C(=O)OCc4ccccc4)CC3F)[nH]2)ccc1F. The first-order chi connectivity index (χ1) is 14.5. The van der Waals surface area contributed by atoms with Gasteiger partial charge in [0.25, 0.3) is 0 Å². The molecule has 4 rings (SSSR count). The number of aryl methyl sites for hydroxylation is 1. The molecule has 2 heterocycles. The fourth-order valence-electron chi connectivity index (χ4n) is 3.67. The number of hydrogen-bond acceptors (Lipinski definition) is 3. The monoisotopic (exact) mass is 411 g/mol. The Bertz CT molecular complexity index is 1020. The van der Waals surface area contributed by atoms with Crippen LogP contribution in [0.1, 0.15) is 29.3 Å². The summed E-state index contributed by atoms with van der Waals surface area (Å²) in [6, 6.07) is 14.2. The fourth-order valence-corrected chi connectivity index (χ4v) is 3.67. The van der Waals surface area contributed by atoms with Gasteiger partial charge in [-0.25, -0.2) is 18.6 Å². The van der Waals surface area contributed by atoms with Crippen LogP contribution in [0.15, 0.2) is 54.7 Å². The number of rotatable bonds is 4. The maximum absolute atomic E-state index is 14.9. The van der Waals surface area contributed by atoms with Gasteiger partial charge in [-0.3, -0.25) is 0 Å². The number of likely N-dealkylation sites (tertiary alicyclic amines) is 1. The lowest BCUT2D eigenvalue weighted by Gasteiger charge is -2.33. The molecule has 30 heavy (non-hydrogen) atoms. The summed E-state index contributed by atoms with van der Waals surface area (Å²) >= 11 is 0. The van der Waals surface area contributed by atoms with E-state index in [0.29, 0.717) is 30.0 Å². The Kier molecular flexibility index (Phi) is 5.79. The van der Waals surface area contributed by atoms with Crippen LogP contribution >= 0.6 is 0 Å². The van der Waals surface area contributed by atoms with Gasteiger partial charge in [0.15, 0.2) is 0 Å². The molecule has 1 fully saturated rings. The van der Waals surface area contributed by atoms with Crippen LogP contribution in [0.3, 0.4) is 0 Å². The predicted octanol–water partition coefficient (Wildman–Crippen LogP) is 4.99. The molecular weight excluding hydrogens is 388 g/mol. The number of aromatic amines is 1. The second kappa shape index (κ2) is 8.65. The van der Waals surface area contributed by atoms with Gasteiger partial charge in [-0.15, -0.1) is 0 Å². The van der Waals surface area contributed by atoms with Gasteiger partial charge in [0, 0.05) is 12.1 Å². The zero-order chi connectivity index (χ0) is 21.1. The van der Waals surface area contributed by atoms with E-state index in [-0.39, 0.29) is 19.0 Å². The van der Waals surface area contributed by atoms with Crippen molar-refractivity contribution < 1.29 is 18.3 Å². The third-order valence-electron chi connectivity index (χ3n) is 5.42. The molecule has 2 aromatic carbocycles. The number of carbonyl (C=O) groups excluding carboxylic acids is 1. The lowest BCUT2D eigenvalue weighted by molar-refractivity contribution is 0.0641. The van der Waals surface area contributed by atoms with Gasteiger partial charge in [-0.1, -0.05) is 30.3 Å². The number of imidazole rings is 1. The number of hydrogen-bond donors (Lipinski definition) is 1. The summed E-state index contributed by atoms with van der Waals surface area (Å²) in [6.45, 7) is 2.21. The number of piperidine rings is 1. The highest BCUT2D eigenvalue weighted by atomic mass is 19.1. The van der Waals surface area contributed by atoms with Crippen molar-refractivity contribution in [3.05, 3.63) is 77.5 Å². The molecule has 1 aliphatic heterocycles. The van der Waals surface area contributed by atoms with Crippen molar-refractivity contribution in [2.45, 2.75) is 32.0 Å². The fraction of sp³-hybridized carbons (Fsp3) is 0.304. The lowest BCUT2D eigenvalue weighted by atomic mass is 9.94. The number of aromatic nitrogens is 2. The molecule has 1 saturated heterocycles. The number of benzene rings is 2. The number of ether oxygens (including phenoxy) is 1. The standard InChI is InChI=1S/C23H23F2N3O2/c1-15-11-17(7-8-19(15)24)21-12-26-22(27-21)18-9-10-28(13-20(18)25)23(29)30-14-16-5-3-2-4-6-16/h2-8,11-12,18,20H,9-10,13-14H2,1H3,(H,26,27). The number of amides is 1. The van der Waals surface area contributed by atoms with E-state index in [9.17, 15) is 13.6 Å². The molecule has 0 aliphatic carbocycles. The number of halogens is 2. The summed E-state index contributed by atoms with van der Waals surface area (Å²) in [7, 11) is 0. The highest BCUT2D eigenvalue weighted by Gasteiger charge is 2.34. The zero-order valence-electron chi connectivity index (χ0n) is 16.6. The summed E-state index contributed by atoms with van der Waals surface area (Å²) in [5.41, 5.74) is 2.93. The van der Waals surface area contributed by atoms with Gasteiger partial charge in [0.1, 0.15) is 24.4 Å². The molecule has 2 unspecified atom stereocenters. The van der Waals surface area contributed by atoms with Gasteiger partial charge in [-0.2, -0.15) is 0 Å². The summed E-state index contributed by atoms with van der Waals surface area (Å²) in [4.78, 5) is 21.2. The van der Waals surface area contributed by atoms with E-state index in [0.717, 1.165) is 11.1 Å². The van der Waals surface area contributed by atoms with E-state index in [1.54, 1.807) is 25.3 Å². The largest absolute Gasteiger partial charge is 0.445 e. The minimum absolute atomic E-state index is 0.0377. The predicted molar refractivity (Wildman–Crippen MR) is 109 cm³/mol. The third kappa shape index (κ3) is 4.35. The van der Waals surface area contributed by atoms with E-state index in [1.807, 2.05) is 30.3 Å². The van der Waals surface area contributed by atoms with Gasteiger partial charge in [0.2, 0.25) is 0 Å². The van der Waals surface area contributed by atoms with Gasteiger partial charge in [-0.05, 0) is 42.7 Å². The van der Waals surface area contributed by atoms with Crippen LogP contribution in [-0.4, -0.2) is 40.2 Å². The Balaban J connectivity index is 1.37. The van der Waals surface area contributed by atoms with Crippen LogP contribution in [0.2, 0.25) is 0 Å². The molecule has 7 heteroatoms. The molecule has 0 saturated carbocycles. The van der Waals surface area contributed by atoms with Crippen LogP contribution < -0.4 is 0 Å². The highest BCUT2D eigenvalue weighted by Crippen LogP contribution is 2.31. The van der Waals surface area contributed by atoms with Gasteiger partial charge in [0.05, 0.1) is 24.4 Å². The number of nitrogens with one attached hydrogen (secondary N) is 1. The van der Waals surface area contributed by atoms with Crippen LogP contribution in [0, 0.1) is 12.7 Å². The van der Waals surface area contributed by atoms with E-state index in [4.69, 9.17) is 4.74 Å². The molecular formula is C23H23F2N3O2. The van der Waals surface area contributed by atoms with Gasteiger partial charge >= 0.3 is 6.09 Å². The minimum Gasteiger partial charge on any atom is -0.445 e. The molecule has 1 N–H and O–H groups in total. The molecule has 1 aliphatic rings. The molecule has 1 aromatic heterocycles. The summed E-state index contributed by atoms with van der Waals surface area (Å²) in [6.07, 6.45) is 0.311. The van der Waals surface area contributed by atoms with Crippen molar-refractivity contribution in [3.63, 3.8) is 0 Å². The van der Waals surface area contributed by atoms with Crippen molar-refractivity contribution in [1.29, 1.82) is 0 Å². The van der Waals surface area contributed by atoms with Crippen LogP contribution in [-0.2, 0) is 11.3 Å². The third-order valence-corrected chi connectivity index (χ3v) is 5.42. The second-order valence-electron chi connectivity index (χ2n) is 7.54. The number of H-pyrrole nitrogens is 1. The lowest BCUT2D eigenvalue weighted by Crippen LogP contribution is -2.44. The normalized spacial score (nSPS) is 19.0. The van der Waals surface area contributed by atoms with Crippen molar-refractivity contribution in [2.75, 3.05) is 13.1 Å². The Morgan fingerprint density at radius 3 is 2.80 bits per heavy atom. The minimum atomic E-state index is -1.25. The van der Waals surface area contributed by atoms with E-state index in [2.05, 4.69) is 9.97 Å². The average molecular weight is 411 g/mol. The van der Waals surface area contributed by atoms with Crippen molar-refractivity contribution in [1.82, 2.24) is 14.9 Å². The molecule has 2 atom stereocenters. The van der Waals surface area contributed by atoms with Crippen molar-refractivity contribution in [3.8, 4) is 11.3 Å². The molecule has 0 bridgehead atoms. The van der Waals surface area contributed by atoms with Gasteiger partial charge < -0.3 is 14.6 Å². The second-order valence-corrected chi connectivity index (χ2v) is 7.54. The van der Waals surface area contributed by atoms with Crippen LogP contribution in [0.5, 0.6) is 0 Å². The Morgan fingerprint density at radius 1 is 1.27 bits per heavy atom. The molecule has 156 valence electrons. The quantitative estimate of drug-likeness (QED) is 0.658. The maximum atomic E-state index is 14.9. The first-order valence-corrected chi connectivity index (χ1v) is 9.92. The molecule has 0 radical (unpaired) electrons. The summed E-state index contributed by atoms with van der Waals surface area (Å²) < 4.78 is 33.7. The van der Waals surface area contributed by atoms with Crippen LogP contribution in [0.4, 0.5) is 13.6 Å². The summed E-state index contributed by atoms with van der Waals surface area (Å²) in [5.74, 6) is -0.163. The average Bonchev–Trinajstić information content (AvgIpc) is 3.24. The Hall–Kier alpha value is -3.22. The number of nitrogens with zero attached hydrogens (tertiary/aromatic N) is 2. The smallest absolute Gasteiger partial charge is 0.410 e. The molecule has 5 nitrogen and oxygen atoms in total. The first kappa shape index (κ1) is 20.1. The number of carbonyl (C=O) groups is 1. The number of alkyl halides is 1. The Labute approximate surface area is 173 Å². The van der Waals surface area contributed by atoms with Crippen molar-refractivity contribution in [2.24, 2.45) is 0 Å². The van der Waals surface area contributed by atoms with E-state index >= 15 is 0 Å². The Morgan fingerprint density at radius 2 is 2.07 bits per heavy atom. The maximum Gasteiger partial charge on any atom is 0.410 e. The molecule has 3 aromatic rings. The zero-order valence-corrected chi connectivity index (χ0v) is 16.6.